The van der Waals surface area contributed by atoms with E-state index in [4.69, 9.17) is 19.7 Å². The van der Waals surface area contributed by atoms with Crippen LogP contribution in [0.25, 0.3) is 88.1 Å². The number of benzene rings is 5. The lowest BCUT2D eigenvalue weighted by Gasteiger charge is -2.14. The molecule has 0 fully saturated rings. The van der Waals surface area contributed by atoms with Crippen LogP contribution >= 0.6 is 0 Å². The molecular formula is C44H28N6O. The van der Waals surface area contributed by atoms with Gasteiger partial charge in [-0.1, -0.05) is 42.5 Å². The molecule has 0 aliphatic rings. The second kappa shape index (κ2) is 10.3. The Bertz CT molecular complexity index is 3250. The van der Waals surface area contributed by atoms with Crippen LogP contribution in [0, 0.1) is 13.8 Å². The van der Waals surface area contributed by atoms with E-state index in [-0.39, 0.29) is 0 Å². The summed E-state index contributed by atoms with van der Waals surface area (Å²) < 4.78 is 11.1. The Morgan fingerprint density at radius 1 is 0.471 bits per heavy atom. The molecule has 51 heavy (non-hydrogen) atoms. The highest BCUT2D eigenvalue weighted by atomic mass is 16.5. The molecule has 240 valence electrons. The molecule has 0 spiro atoms. The van der Waals surface area contributed by atoms with Gasteiger partial charge in [-0.3, -0.25) is 13.8 Å². The van der Waals surface area contributed by atoms with E-state index in [2.05, 4.69) is 119 Å². The van der Waals surface area contributed by atoms with Crippen LogP contribution in [0.1, 0.15) is 11.1 Å². The number of ether oxygens (including phenoxy) is 1. The summed E-state index contributed by atoms with van der Waals surface area (Å²) in [5.74, 6) is 1.46. The first-order chi connectivity index (χ1) is 25.1. The SMILES string of the molecule is Cc1cccc(C)c1-c1ccc2c3ccc(Oc4ccc5c6ccncc6n6c7ccccc7nc6c5c4)cc3c3nc4ccccc4n3c2n1. The molecule has 0 radical (unpaired) electrons. The molecule has 0 amide bonds. The first-order valence-corrected chi connectivity index (χ1v) is 17.1. The van der Waals surface area contributed by atoms with Crippen molar-refractivity contribution in [2.24, 2.45) is 0 Å². The minimum atomic E-state index is 0.727. The predicted molar refractivity (Wildman–Crippen MR) is 206 cm³/mol. The Labute approximate surface area is 291 Å². The molecule has 0 saturated heterocycles. The normalized spacial score (nSPS) is 12.1. The van der Waals surface area contributed by atoms with Crippen molar-refractivity contribution in [2.45, 2.75) is 13.8 Å². The summed E-state index contributed by atoms with van der Waals surface area (Å²) in [6.07, 6.45) is 3.76. The molecule has 0 N–H and O–H groups in total. The van der Waals surface area contributed by atoms with Crippen LogP contribution in [0.15, 0.2) is 134 Å². The Morgan fingerprint density at radius 2 is 1.06 bits per heavy atom. The van der Waals surface area contributed by atoms with Gasteiger partial charge in [0.25, 0.3) is 0 Å². The Morgan fingerprint density at radius 3 is 1.76 bits per heavy atom. The molecule has 6 aromatic heterocycles. The van der Waals surface area contributed by atoms with Crippen molar-refractivity contribution in [3.63, 3.8) is 0 Å². The maximum Gasteiger partial charge on any atom is 0.147 e. The van der Waals surface area contributed by atoms with Crippen LogP contribution in [-0.4, -0.2) is 28.7 Å². The van der Waals surface area contributed by atoms with Gasteiger partial charge in [0.15, 0.2) is 0 Å². The third-order valence-corrected chi connectivity index (χ3v) is 10.3. The lowest BCUT2D eigenvalue weighted by Crippen LogP contribution is -1.98. The Kier molecular flexibility index (Phi) is 5.67. The maximum atomic E-state index is 6.67. The number of aromatic nitrogens is 6. The molecule has 0 unspecified atom stereocenters. The van der Waals surface area contributed by atoms with Crippen LogP contribution in [0.3, 0.4) is 0 Å². The fourth-order valence-electron chi connectivity index (χ4n) is 8.00. The third kappa shape index (κ3) is 4.00. The molecule has 11 rings (SSSR count). The fourth-order valence-corrected chi connectivity index (χ4v) is 8.00. The predicted octanol–water partition coefficient (Wildman–Crippen LogP) is 10.8. The molecule has 11 aromatic rings. The smallest absolute Gasteiger partial charge is 0.147 e. The van der Waals surface area contributed by atoms with E-state index >= 15 is 0 Å². The molecule has 7 heteroatoms. The van der Waals surface area contributed by atoms with E-state index in [0.717, 1.165) is 94.0 Å². The van der Waals surface area contributed by atoms with Crippen molar-refractivity contribution in [3.8, 4) is 22.8 Å². The highest BCUT2D eigenvalue weighted by Gasteiger charge is 2.19. The lowest BCUT2D eigenvalue weighted by atomic mass is 9.99. The summed E-state index contributed by atoms with van der Waals surface area (Å²) in [4.78, 5) is 20.0. The molecule has 0 aliphatic heterocycles. The minimum Gasteiger partial charge on any atom is -0.457 e. The van der Waals surface area contributed by atoms with Gasteiger partial charge in [-0.25, -0.2) is 15.0 Å². The van der Waals surface area contributed by atoms with E-state index in [1.54, 1.807) is 0 Å². The van der Waals surface area contributed by atoms with Gasteiger partial charge in [0.2, 0.25) is 0 Å². The second-order valence-electron chi connectivity index (χ2n) is 13.3. The zero-order chi connectivity index (χ0) is 33.8. The molecular weight excluding hydrogens is 629 g/mol. The summed E-state index contributed by atoms with van der Waals surface area (Å²) in [6, 6.07) is 41.8. The quantitative estimate of drug-likeness (QED) is 0.177. The van der Waals surface area contributed by atoms with Gasteiger partial charge in [0.05, 0.1) is 39.5 Å². The Hall–Kier alpha value is -6.86. The molecule has 0 saturated carbocycles. The van der Waals surface area contributed by atoms with E-state index in [1.165, 1.54) is 16.7 Å². The highest BCUT2D eigenvalue weighted by molar-refractivity contribution is 6.15. The van der Waals surface area contributed by atoms with Crippen molar-refractivity contribution >= 4 is 76.8 Å². The minimum absolute atomic E-state index is 0.727. The van der Waals surface area contributed by atoms with E-state index in [9.17, 15) is 0 Å². The van der Waals surface area contributed by atoms with Crippen molar-refractivity contribution in [1.82, 2.24) is 28.7 Å². The topological polar surface area (TPSA) is 69.6 Å². The maximum absolute atomic E-state index is 6.67. The summed E-state index contributed by atoms with van der Waals surface area (Å²) >= 11 is 0. The number of imidazole rings is 2. The van der Waals surface area contributed by atoms with Crippen molar-refractivity contribution in [2.75, 3.05) is 0 Å². The molecule has 0 bridgehead atoms. The summed E-state index contributed by atoms with van der Waals surface area (Å²) in [5, 5.41) is 6.36. The zero-order valence-corrected chi connectivity index (χ0v) is 27.8. The van der Waals surface area contributed by atoms with E-state index in [0.29, 0.717) is 0 Å². The van der Waals surface area contributed by atoms with Crippen LogP contribution in [0.2, 0.25) is 0 Å². The number of nitrogens with zero attached hydrogens (tertiary/aromatic N) is 6. The standard InChI is InChI=1S/C44H28N6O/c1-25-8-7-9-26(2)41(25)37-19-18-32-30-17-15-28(23-34(30)44-47-36-11-4-6-13-39(36)50(44)42(32)48-37)51-27-14-16-29-31-20-21-45-24-40(31)49-38-12-5-3-10-35(38)46-43(49)33(29)22-27/h3-24H,1-2H3. The highest BCUT2D eigenvalue weighted by Crippen LogP contribution is 2.38. The largest absolute Gasteiger partial charge is 0.457 e. The van der Waals surface area contributed by atoms with Gasteiger partial charge in [-0.15, -0.1) is 0 Å². The number of hydrogen-bond acceptors (Lipinski definition) is 5. The molecule has 0 aliphatic carbocycles. The van der Waals surface area contributed by atoms with Gasteiger partial charge in [0, 0.05) is 33.3 Å². The van der Waals surface area contributed by atoms with Gasteiger partial charge in [0.1, 0.15) is 28.4 Å². The van der Waals surface area contributed by atoms with E-state index in [1.807, 2.05) is 42.7 Å². The van der Waals surface area contributed by atoms with Gasteiger partial charge < -0.3 is 4.74 Å². The average Bonchev–Trinajstić information content (AvgIpc) is 3.75. The summed E-state index contributed by atoms with van der Waals surface area (Å²) in [5.41, 5.74) is 12.1. The van der Waals surface area contributed by atoms with Gasteiger partial charge in [-0.05, 0) is 115 Å². The second-order valence-corrected chi connectivity index (χ2v) is 13.3. The van der Waals surface area contributed by atoms with Crippen LogP contribution < -0.4 is 4.74 Å². The number of fused-ring (bicyclic) bond motifs is 16. The molecule has 0 atom stereocenters. The Balaban J connectivity index is 1.12. The number of hydrogen-bond donors (Lipinski definition) is 0. The van der Waals surface area contributed by atoms with Crippen LogP contribution in [-0.2, 0) is 0 Å². The lowest BCUT2D eigenvalue weighted by molar-refractivity contribution is 0.484. The van der Waals surface area contributed by atoms with Crippen LogP contribution in [0.5, 0.6) is 11.5 Å². The monoisotopic (exact) mass is 656 g/mol. The summed E-state index contributed by atoms with van der Waals surface area (Å²) in [7, 11) is 0. The first-order valence-electron chi connectivity index (χ1n) is 17.1. The number of pyridine rings is 4. The van der Waals surface area contributed by atoms with E-state index < -0.39 is 0 Å². The molecule has 6 heterocycles. The molecule has 5 aromatic carbocycles. The number of aryl methyl sites for hydroxylation is 2. The van der Waals surface area contributed by atoms with Crippen LogP contribution in [0.4, 0.5) is 0 Å². The van der Waals surface area contributed by atoms with Crippen molar-refractivity contribution in [3.05, 3.63) is 145 Å². The third-order valence-electron chi connectivity index (χ3n) is 10.3. The first kappa shape index (κ1) is 28.0. The number of para-hydroxylation sites is 4. The molecule has 7 nitrogen and oxygen atoms in total. The zero-order valence-electron chi connectivity index (χ0n) is 27.8. The average molecular weight is 657 g/mol. The van der Waals surface area contributed by atoms with Gasteiger partial charge >= 0.3 is 0 Å². The number of rotatable bonds is 3. The van der Waals surface area contributed by atoms with Crippen molar-refractivity contribution < 1.29 is 4.74 Å². The van der Waals surface area contributed by atoms with Crippen molar-refractivity contribution in [1.29, 1.82) is 0 Å². The summed E-state index contributed by atoms with van der Waals surface area (Å²) in [6.45, 7) is 4.29. The fraction of sp³-hybridized carbons (Fsp3) is 0.0455. The van der Waals surface area contributed by atoms with Gasteiger partial charge in [-0.2, -0.15) is 0 Å².